The number of sulfone groups is 1. The minimum absolute atomic E-state index is 0.0737. The van der Waals surface area contributed by atoms with Gasteiger partial charge in [0.05, 0.1) is 21.6 Å². The van der Waals surface area contributed by atoms with Crippen LogP contribution in [0, 0.1) is 0 Å². The number of benzene rings is 2. The van der Waals surface area contributed by atoms with Gasteiger partial charge in [-0.2, -0.15) is 0 Å². The zero-order chi connectivity index (χ0) is 20.5. The molecule has 1 aliphatic heterocycles. The molecule has 0 aromatic heterocycles. The number of carbonyl (C=O) groups is 4. The number of rotatable bonds is 5. The highest BCUT2D eigenvalue weighted by atomic mass is 32.2. The lowest BCUT2D eigenvalue weighted by atomic mass is 10.1. The SMILES string of the molecule is CNC(=O)CS(=O)(=O)c1ccc(C(=O)ON2C(=O)c3ccccc3C2=O)cc1. The molecule has 1 N–H and O–H groups in total. The fourth-order valence-electron chi connectivity index (χ4n) is 2.51. The third-order valence-corrected chi connectivity index (χ3v) is 5.61. The third-order valence-electron chi connectivity index (χ3n) is 3.98. The lowest BCUT2D eigenvalue weighted by Gasteiger charge is -2.12. The van der Waals surface area contributed by atoms with Gasteiger partial charge >= 0.3 is 5.97 Å². The van der Waals surface area contributed by atoms with E-state index < -0.39 is 39.3 Å². The van der Waals surface area contributed by atoms with Crippen molar-refractivity contribution in [2.45, 2.75) is 4.90 Å². The molecule has 2 aromatic rings. The summed E-state index contributed by atoms with van der Waals surface area (Å²) < 4.78 is 24.2. The monoisotopic (exact) mass is 402 g/mol. The Hall–Kier alpha value is -3.53. The highest BCUT2D eigenvalue weighted by Gasteiger charge is 2.38. The van der Waals surface area contributed by atoms with Gasteiger partial charge in [0, 0.05) is 7.05 Å². The predicted molar refractivity (Wildman–Crippen MR) is 94.9 cm³/mol. The van der Waals surface area contributed by atoms with Crippen LogP contribution in [0.1, 0.15) is 31.1 Å². The van der Waals surface area contributed by atoms with E-state index >= 15 is 0 Å². The molecule has 0 radical (unpaired) electrons. The van der Waals surface area contributed by atoms with E-state index in [-0.39, 0.29) is 21.6 Å². The highest BCUT2D eigenvalue weighted by molar-refractivity contribution is 7.92. The first-order valence-electron chi connectivity index (χ1n) is 7.98. The van der Waals surface area contributed by atoms with Crippen molar-refractivity contribution in [3.05, 3.63) is 65.2 Å². The summed E-state index contributed by atoms with van der Waals surface area (Å²) in [4.78, 5) is 52.7. The van der Waals surface area contributed by atoms with Gasteiger partial charge < -0.3 is 10.2 Å². The van der Waals surface area contributed by atoms with Crippen LogP contribution in [0.3, 0.4) is 0 Å². The van der Waals surface area contributed by atoms with E-state index in [4.69, 9.17) is 4.84 Å². The highest BCUT2D eigenvalue weighted by Crippen LogP contribution is 2.23. The first-order valence-corrected chi connectivity index (χ1v) is 9.63. The van der Waals surface area contributed by atoms with Crippen molar-refractivity contribution in [1.29, 1.82) is 0 Å². The summed E-state index contributed by atoms with van der Waals surface area (Å²) in [5.41, 5.74) is 0.169. The quantitative estimate of drug-likeness (QED) is 0.725. The van der Waals surface area contributed by atoms with Gasteiger partial charge in [-0.3, -0.25) is 14.4 Å². The number of amides is 3. The first-order chi connectivity index (χ1) is 13.2. The van der Waals surface area contributed by atoms with E-state index in [2.05, 4.69) is 5.32 Å². The Labute approximate surface area is 159 Å². The molecule has 2 aromatic carbocycles. The van der Waals surface area contributed by atoms with Crippen molar-refractivity contribution in [3.63, 3.8) is 0 Å². The minimum Gasteiger partial charge on any atom is -0.358 e. The fraction of sp³-hybridized carbons (Fsp3) is 0.111. The Balaban J connectivity index is 1.75. The lowest BCUT2D eigenvalue weighted by molar-refractivity contribution is -0.118. The molecule has 3 rings (SSSR count). The molecular weight excluding hydrogens is 388 g/mol. The molecule has 0 saturated heterocycles. The molecule has 0 fully saturated rings. The molecule has 10 heteroatoms. The molecule has 0 saturated carbocycles. The van der Waals surface area contributed by atoms with E-state index in [0.717, 1.165) is 24.3 Å². The summed E-state index contributed by atoms with van der Waals surface area (Å²) in [6.45, 7) is 0. The van der Waals surface area contributed by atoms with E-state index in [1.165, 1.54) is 19.2 Å². The van der Waals surface area contributed by atoms with Gasteiger partial charge in [-0.25, -0.2) is 13.2 Å². The number of carbonyl (C=O) groups excluding carboxylic acids is 4. The molecular formula is C18H14N2O7S. The maximum absolute atomic E-state index is 12.2. The fourth-order valence-corrected chi connectivity index (χ4v) is 3.72. The van der Waals surface area contributed by atoms with Crippen LogP contribution in [-0.2, 0) is 19.5 Å². The zero-order valence-electron chi connectivity index (χ0n) is 14.5. The van der Waals surface area contributed by atoms with Crippen LogP contribution in [0.4, 0.5) is 0 Å². The topological polar surface area (TPSA) is 127 Å². The van der Waals surface area contributed by atoms with E-state index in [9.17, 15) is 27.6 Å². The standard InChI is InChI=1S/C18H14N2O7S/c1-19-15(21)10-28(25,26)12-8-6-11(7-9-12)18(24)27-20-16(22)13-4-2-3-5-14(13)17(20)23/h2-9H,10H2,1H3,(H,19,21). The van der Waals surface area contributed by atoms with Gasteiger partial charge in [0.25, 0.3) is 11.8 Å². The number of nitrogens with one attached hydrogen (secondary N) is 1. The van der Waals surface area contributed by atoms with Gasteiger partial charge in [-0.05, 0) is 36.4 Å². The molecule has 0 bridgehead atoms. The summed E-state index contributed by atoms with van der Waals surface area (Å²) >= 11 is 0. The molecule has 0 unspecified atom stereocenters. The summed E-state index contributed by atoms with van der Waals surface area (Å²) in [6.07, 6.45) is 0. The van der Waals surface area contributed by atoms with Crippen molar-refractivity contribution < 1.29 is 32.4 Å². The van der Waals surface area contributed by atoms with E-state index in [1.807, 2.05) is 0 Å². The van der Waals surface area contributed by atoms with E-state index in [0.29, 0.717) is 5.06 Å². The van der Waals surface area contributed by atoms with E-state index in [1.54, 1.807) is 12.1 Å². The van der Waals surface area contributed by atoms with Crippen LogP contribution >= 0.6 is 0 Å². The maximum Gasteiger partial charge on any atom is 0.363 e. The van der Waals surface area contributed by atoms with Crippen molar-refractivity contribution in [3.8, 4) is 0 Å². The number of imide groups is 1. The van der Waals surface area contributed by atoms with Crippen molar-refractivity contribution in [2.75, 3.05) is 12.8 Å². The van der Waals surface area contributed by atoms with Gasteiger partial charge in [0.1, 0.15) is 5.75 Å². The molecule has 0 aliphatic carbocycles. The second-order valence-corrected chi connectivity index (χ2v) is 7.78. The first kappa shape index (κ1) is 19.2. The van der Waals surface area contributed by atoms with Crippen LogP contribution in [0.15, 0.2) is 53.4 Å². The molecule has 0 spiro atoms. The Morgan fingerprint density at radius 2 is 1.50 bits per heavy atom. The molecule has 3 amide bonds. The average Bonchev–Trinajstić information content (AvgIpc) is 2.93. The van der Waals surface area contributed by atoms with Crippen LogP contribution in [0.2, 0.25) is 0 Å². The summed E-state index contributed by atoms with van der Waals surface area (Å²) in [5, 5.41) is 2.58. The predicted octanol–water partition coefficient (Wildman–Crippen LogP) is 0.574. The zero-order valence-corrected chi connectivity index (χ0v) is 15.4. The molecule has 9 nitrogen and oxygen atoms in total. The normalized spacial score (nSPS) is 13.2. The molecule has 1 aliphatic rings. The Morgan fingerprint density at radius 1 is 0.964 bits per heavy atom. The second-order valence-electron chi connectivity index (χ2n) is 5.79. The van der Waals surface area contributed by atoms with Gasteiger partial charge in [-0.15, -0.1) is 0 Å². The van der Waals surface area contributed by atoms with Gasteiger partial charge in [-0.1, -0.05) is 17.2 Å². The number of hydrogen-bond donors (Lipinski definition) is 1. The molecule has 1 heterocycles. The largest absolute Gasteiger partial charge is 0.363 e. The average molecular weight is 402 g/mol. The molecule has 144 valence electrons. The van der Waals surface area contributed by atoms with Crippen molar-refractivity contribution in [1.82, 2.24) is 10.4 Å². The van der Waals surface area contributed by atoms with Gasteiger partial charge in [0.15, 0.2) is 9.84 Å². The number of hydrogen-bond acceptors (Lipinski definition) is 7. The van der Waals surface area contributed by atoms with Crippen molar-refractivity contribution in [2.24, 2.45) is 0 Å². The third kappa shape index (κ3) is 3.49. The number of hydroxylamine groups is 2. The second kappa shape index (κ2) is 7.24. The van der Waals surface area contributed by atoms with Crippen LogP contribution in [0.25, 0.3) is 0 Å². The Morgan fingerprint density at radius 3 is 2.00 bits per heavy atom. The summed E-state index contributed by atoms with van der Waals surface area (Å²) in [5.74, 6) is -3.95. The van der Waals surface area contributed by atoms with Crippen LogP contribution in [0.5, 0.6) is 0 Å². The Bertz CT molecular complexity index is 1060. The van der Waals surface area contributed by atoms with Gasteiger partial charge in [0.2, 0.25) is 5.91 Å². The smallest absolute Gasteiger partial charge is 0.358 e. The van der Waals surface area contributed by atoms with Crippen molar-refractivity contribution >= 4 is 33.5 Å². The molecule has 28 heavy (non-hydrogen) atoms. The van der Waals surface area contributed by atoms with Crippen LogP contribution < -0.4 is 5.32 Å². The minimum atomic E-state index is -3.87. The summed E-state index contributed by atoms with van der Waals surface area (Å²) in [6, 6.07) is 10.6. The number of fused-ring (bicyclic) bond motifs is 1. The Kier molecular flexibility index (Phi) is 4.97. The molecule has 0 atom stereocenters. The maximum atomic E-state index is 12.2. The lowest BCUT2D eigenvalue weighted by Crippen LogP contribution is -2.32. The number of nitrogens with zero attached hydrogens (tertiary/aromatic N) is 1. The van der Waals surface area contributed by atoms with Crippen LogP contribution in [-0.4, -0.2) is 50.0 Å². The summed E-state index contributed by atoms with van der Waals surface area (Å²) in [7, 11) is -2.56.